The standard InChI is InChI=1S/C9H9F2NO/c1-13-8-6(3-2-4-12-8)7-5-9(7,10)11/h2-4,7H,5H2,1H3. The molecule has 1 fully saturated rings. The highest BCUT2D eigenvalue weighted by Crippen LogP contribution is 2.57. The first-order valence-electron chi connectivity index (χ1n) is 4.02. The Labute approximate surface area is 74.5 Å². The molecule has 1 aromatic rings. The van der Waals surface area contributed by atoms with Crippen molar-refractivity contribution in [3.63, 3.8) is 0 Å². The lowest BCUT2D eigenvalue weighted by atomic mass is 10.2. The van der Waals surface area contributed by atoms with E-state index in [-0.39, 0.29) is 6.42 Å². The predicted octanol–water partition coefficient (Wildman–Crippen LogP) is 2.21. The first-order chi connectivity index (χ1) is 6.15. The summed E-state index contributed by atoms with van der Waals surface area (Å²) in [5.41, 5.74) is 0.509. The number of halogens is 2. The van der Waals surface area contributed by atoms with E-state index >= 15 is 0 Å². The van der Waals surface area contributed by atoms with Gasteiger partial charge in [0, 0.05) is 18.2 Å². The van der Waals surface area contributed by atoms with Crippen LogP contribution in [-0.2, 0) is 0 Å². The molecular weight excluding hydrogens is 176 g/mol. The third-order valence-corrected chi connectivity index (χ3v) is 2.20. The van der Waals surface area contributed by atoms with Gasteiger partial charge < -0.3 is 4.74 Å². The van der Waals surface area contributed by atoms with Crippen molar-refractivity contribution in [1.29, 1.82) is 0 Å². The number of hydrogen-bond donors (Lipinski definition) is 0. The second-order valence-electron chi connectivity index (χ2n) is 3.12. The van der Waals surface area contributed by atoms with Crippen molar-refractivity contribution in [3.8, 4) is 5.88 Å². The van der Waals surface area contributed by atoms with Gasteiger partial charge in [0.15, 0.2) is 0 Å². The summed E-state index contributed by atoms with van der Waals surface area (Å²) in [4.78, 5) is 3.87. The summed E-state index contributed by atoms with van der Waals surface area (Å²) >= 11 is 0. The Balaban J connectivity index is 2.31. The monoisotopic (exact) mass is 185 g/mol. The van der Waals surface area contributed by atoms with Crippen LogP contribution in [-0.4, -0.2) is 18.0 Å². The number of aromatic nitrogens is 1. The Bertz CT molecular complexity index is 327. The molecule has 0 spiro atoms. The molecule has 0 aromatic carbocycles. The molecule has 13 heavy (non-hydrogen) atoms. The topological polar surface area (TPSA) is 22.1 Å². The summed E-state index contributed by atoms with van der Waals surface area (Å²) in [6, 6.07) is 3.28. The number of methoxy groups -OCH3 is 1. The van der Waals surface area contributed by atoms with Gasteiger partial charge in [-0.3, -0.25) is 0 Å². The van der Waals surface area contributed by atoms with Crippen LogP contribution in [0.2, 0.25) is 0 Å². The Morgan fingerprint density at radius 3 is 2.85 bits per heavy atom. The van der Waals surface area contributed by atoms with E-state index in [1.54, 1.807) is 12.1 Å². The summed E-state index contributed by atoms with van der Waals surface area (Å²) in [6.45, 7) is 0. The van der Waals surface area contributed by atoms with E-state index in [1.165, 1.54) is 13.3 Å². The molecular formula is C9H9F2NO. The molecule has 0 N–H and O–H groups in total. The quantitative estimate of drug-likeness (QED) is 0.704. The zero-order chi connectivity index (χ0) is 9.47. The number of alkyl halides is 2. The van der Waals surface area contributed by atoms with Crippen LogP contribution in [0, 0.1) is 0 Å². The number of ether oxygens (including phenoxy) is 1. The molecule has 1 heterocycles. The van der Waals surface area contributed by atoms with E-state index in [0.29, 0.717) is 11.4 Å². The van der Waals surface area contributed by atoms with Crippen molar-refractivity contribution >= 4 is 0 Å². The average molecular weight is 185 g/mol. The van der Waals surface area contributed by atoms with Gasteiger partial charge in [0.05, 0.1) is 13.0 Å². The maximum absolute atomic E-state index is 12.7. The van der Waals surface area contributed by atoms with E-state index in [0.717, 1.165) is 0 Å². The first kappa shape index (κ1) is 8.41. The summed E-state index contributed by atoms with van der Waals surface area (Å²) in [6.07, 6.45) is 1.44. The molecule has 1 unspecified atom stereocenters. The largest absolute Gasteiger partial charge is 0.481 e. The van der Waals surface area contributed by atoms with Gasteiger partial charge in [-0.15, -0.1) is 0 Å². The molecule has 0 aliphatic heterocycles. The molecule has 70 valence electrons. The third kappa shape index (κ3) is 1.36. The van der Waals surface area contributed by atoms with Gasteiger partial charge in [0.2, 0.25) is 5.88 Å². The van der Waals surface area contributed by atoms with Crippen LogP contribution >= 0.6 is 0 Å². The molecule has 0 bridgehead atoms. The smallest absolute Gasteiger partial charge is 0.256 e. The van der Waals surface area contributed by atoms with Crippen molar-refractivity contribution < 1.29 is 13.5 Å². The van der Waals surface area contributed by atoms with Gasteiger partial charge in [0.1, 0.15) is 0 Å². The average Bonchev–Trinajstić information content (AvgIpc) is 2.75. The van der Waals surface area contributed by atoms with Gasteiger partial charge in [-0.05, 0) is 6.07 Å². The van der Waals surface area contributed by atoms with E-state index in [9.17, 15) is 8.78 Å². The van der Waals surface area contributed by atoms with E-state index < -0.39 is 11.8 Å². The van der Waals surface area contributed by atoms with Crippen LogP contribution in [0.4, 0.5) is 8.78 Å². The predicted molar refractivity (Wildman–Crippen MR) is 43.1 cm³/mol. The van der Waals surface area contributed by atoms with Crippen LogP contribution < -0.4 is 4.74 Å². The summed E-state index contributed by atoms with van der Waals surface area (Å²) < 4.78 is 30.3. The lowest BCUT2D eigenvalue weighted by molar-refractivity contribution is 0.111. The summed E-state index contributed by atoms with van der Waals surface area (Å²) in [5.74, 6) is -2.95. The van der Waals surface area contributed by atoms with Crippen LogP contribution in [0.15, 0.2) is 18.3 Å². The normalized spacial score (nSPS) is 24.1. The molecule has 0 amide bonds. The summed E-state index contributed by atoms with van der Waals surface area (Å²) in [7, 11) is 1.44. The van der Waals surface area contributed by atoms with Crippen molar-refractivity contribution in [3.05, 3.63) is 23.9 Å². The first-order valence-corrected chi connectivity index (χ1v) is 4.02. The lowest BCUT2D eigenvalue weighted by Gasteiger charge is -2.04. The Morgan fingerprint density at radius 2 is 2.31 bits per heavy atom. The molecule has 0 radical (unpaired) electrons. The molecule has 1 atom stereocenters. The van der Waals surface area contributed by atoms with Gasteiger partial charge in [0.25, 0.3) is 5.92 Å². The third-order valence-electron chi connectivity index (χ3n) is 2.20. The molecule has 2 rings (SSSR count). The van der Waals surface area contributed by atoms with Crippen molar-refractivity contribution in [2.45, 2.75) is 18.3 Å². The zero-order valence-corrected chi connectivity index (χ0v) is 7.13. The minimum Gasteiger partial charge on any atom is -0.481 e. The van der Waals surface area contributed by atoms with Crippen molar-refractivity contribution in [2.75, 3.05) is 7.11 Å². The second kappa shape index (κ2) is 2.65. The highest BCUT2D eigenvalue weighted by Gasteiger charge is 2.58. The molecule has 0 saturated heterocycles. The zero-order valence-electron chi connectivity index (χ0n) is 7.13. The van der Waals surface area contributed by atoms with Crippen LogP contribution in [0.25, 0.3) is 0 Å². The second-order valence-corrected chi connectivity index (χ2v) is 3.12. The lowest BCUT2D eigenvalue weighted by Crippen LogP contribution is -1.97. The molecule has 1 aliphatic rings. The number of rotatable bonds is 2. The molecule has 2 nitrogen and oxygen atoms in total. The van der Waals surface area contributed by atoms with E-state index in [2.05, 4.69) is 4.98 Å². The maximum Gasteiger partial charge on any atom is 0.256 e. The number of pyridine rings is 1. The van der Waals surface area contributed by atoms with Crippen LogP contribution in [0.1, 0.15) is 17.9 Å². The van der Waals surface area contributed by atoms with E-state index in [4.69, 9.17) is 4.74 Å². The van der Waals surface area contributed by atoms with Crippen molar-refractivity contribution in [2.24, 2.45) is 0 Å². The fourth-order valence-corrected chi connectivity index (χ4v) is 1.39. The fraction of sp³-hybridized carbons (Fsp3) is 0.444. The summed E-state index contributed by atoms with van der Waals surface area (Å²) in [5, 5.41) is 0. The highest BCUT2D eigenvalue weighted by atomic mass is 19.3. The van der Waals surface area contributed by atoms with Gasteiger partial charge in [-0.25, -0.2) is 13.8 Å². The Kier molecular flexibility index (Phi) is 1.71. The van der Waals surface area contributed by atoms with Crippen LogP contribution in [0.3, 0.4) is 0 Å². The SMILES string of the molecule is COc1ncccc1C1CC1(F)F. The Morgan fingerprint density at radius 1 is 1.62 bits per heavy atom. The minimum atomic E-state index is -2.56. The number of hydrogen-bond acceptors (Lipinski definition) is 2. The molecule has 1 saturated carbocycles. The van der Waals surface area contributed by atoms with Gasteiger partial charge in [-0.2, -0.15) is 0 Å². The highest BCUT2D eigenvalue weighted by molar-refractivity contribution is 5.36. The minimum absolute atomic E-state index is 0.0882. The maximum atomic E-state index is 12.7. The fourth-order valence-electron chi connectivity index (χ4n) is 1.39. The van der Waals surface area contributed by atoms with Gasteiger partial charge >= 0.3 is 0 Å². The van der Waals surface area contributed by atoms with Gasteiger partial charge in [-0.1, -0.05) is 6.07 Å². The molecule has 1 aliphatic carbocycles. The number of nitrogens with zero attached hydrogens (tertiary/aromatic N) is 1. The Hall–Kier alpha value is -1.19. The molecule has 4 heteroatoms. The van der Waals surface area contributed by atoms with Crippen LogP contribution in [0.5, 0.6) is 5.88 Å². The van der Waals surface area contributed by atoms with Crippen molar-refractivity contribution in [1.82, 2.24) is 4.98 Å². The van der Waals surface area contributed by atoms with E-state index in [1.807, 2.05) is 0 Å². The molecule has 1 aromatic heterocycles.